The van der Waals surface area contributed by atoms with Gasteiger partial charge in [0.2, 0.25) is 5.71 Å². The summed E-state index contributed by atoms with van der Waals surface area (Å²) in [5.74, 6) is -0.0296. The number of nitriles is 1. The number of rotatable bonds is 4. The quantitative estimate of drug-likeness (QED) is 0.165. The summed E-state index contributed by atoms with van der Waals surface area (Å²) in [6.45, 7) is 3.82. The Balaban J connectivity index is 1.71. The molecule has 1 N–H and O–H groups in total. The molecule has 4 aromatic carbocycles. The Morgan fingerprint density at radius 2 is 1.31 bits per heavy atom. The molecule has 0 bridgehead atoms. The predicted molar refractivity (Wildman–Crippen MR) is 154 cm³/mol. The van der Waals surface area contributed by atoms with Gasteiger partial charge in [0.15, 0.2) is 18.1 Å². The van der Waals surface area contributed by atoms with Crippen molar-refractivity contribution in [3.05, 3.63) is 147 Å². The van der Waals surface area contributed by atoms with E-state index in [1.54, 1.807) is 26.0 Å². The highest BCUT2D eigenvalue weighted by Gasteiger charge is 2.38. The van der Waals surface area contributed by atoms with Crippen molar-refractivity contribution in [2.24, 2.45) is 0 Å². The van der Waals surface area contributed by atoms with Gasteiger partial charge in [0.05, 0.1) is 17.2 Å². The van der Waals surface area contributed by atoms with Gasteiger partial charge in [-0.05, 0) is 72.0 Å². The second-order valence-electron chi connectivity index (χ2n) is 9.93. The number of hydrogen-bond donors (Lipinski definition) is 1. The van der Waals surface area contributed by atoms with Crippen LogP contribution in [-0.2, 0) is 11.2 Å². The van der Waals surface area contributed by atoms with Crippen LogP contribution in [0.1, 0.15) is 47.2 Å². The third kappa shape index (κ3) is 4.00. The Morgan fingerprint density at radius 1 is 0.769 bits per heavy atom. The van der Waals surface area contributed by atoms with Gasteiger partial charge in [-0.25, -0.2) is 0 Å². The highest BCUT2D eigenvalue weighted by Crippen LogP contribution is 2.47. The number of aliphatic hydroxyl groups excluding tert-OH is 1. The summed E-state index contributed by atoms with van der Waals surface area (Å²) in [5.41, 5.74) is 10.6. The van der Waals surface area contributed by atoms with Crippen molar-refractivity contribution in [2.45, 2.75) is 20.3 Å². The number of carbonyl (C=O) groups excluding carboxylic acids is 1. The molecule has 2 aliphatic rings. The predicted octanol–water partition coefficient (Wildman–Crippen LogP) is 6.83. The highest BCUT2D eigenvalue weighted by molar-refractivity contribution is 6.15. The van der Waals surface area contributed by atoms with Crippen LogP contribution in [0.25, 0.3) is 16.7 Å². The summed E-state index contributed by atoms with van der Waals surface area (Å²) >= 11 is 0. The molecule has 1 aliphatic carbocycles. The van der Waals surface area contributed by atoms with Gasteiger partial charge in [0.25, 0.3) is 5.70 Å². The van der Waals surface area contributed by atoms with Gasteiger partial charge in [-0.15, -0.1) is 0 Å². The normalized spacial score (nSPS) is 14.1. The Bertz CT molecular complexity index is 1750. The fourth-order valence-electron chi connectivity index (χ4n) is 5.96. The van der Waals surface area contributed by atoms with Crippen LogP contribution >= 0.6 is 0 Å². The van der Waals surface area contributed by atoms with E-state index in [2.05, 4.69) is 47.0 Å². The van der Waals surface area contributed by atoms with Crippen molar-refractivity contribution in [1.82, 2.24) is 0 Å². The van der Waals surface area contributed by atoms with Crippen LogP contribution in [0.4, 0.5) is 0 Å². The van der Waals surface area contributed by atoms with Gasteiger partial charge in [-0.2, -0.15) is 9.84 Å². The van der Waals surface area contributed by atoms with Crippen LogP contribution in [0, 0.1) is 11.3 Å². The van der Waals surface area contributed by atoms with Gasteiger partial charge in [0, 0.05) is 17.6 Å². The van der Waals surface area contributed by atoms with Crippen molar-refractivity contribution in [3.8, 4) is 17.2 Å². The molecule has 188 valence electrons. The Hall–Kier alpha value is -5.01. The molecule has 6 rings (SSSR count). The van der Waals surface area contributed by atoms with E-state index in [0.717, 1.165) is 51.1 Å². The largest absolute Gasteiger partial charge is 0.506 e. The zero-order valence-corrected chi connectivity index (χ0v) is 21.9. The number of benzene rings is 4. The topological polar surface area (TPSA) is 64.1 Å². The minimum absolute atomic E-state index is 0.0834. The van der Waals surface area contributed by atoms with Gasteiger partial charge in [-0.1, -0.05) is 66.7 Å². The van der Waals surface area contributed by atoms with Gasteiger partial charge in [-0.3, -0.25) is 4.79 Å². The van der Waals surface area contributed by atoms with Crippen molar-refractivity contribution in [2.75, 3.05) is 6.54 Å². The standard InChI is InChI=1S/C35H26N2O2/c1-22(38)32(33-30-13-7-5-11-28(30)29-12-6-8-14-31(29)33)34(23(2)39)37-20-19-25-9-3-4-10-27(25)35(37)26-17-15-24(21-36)16-18-26/h3-18H,19-20H2,1-2H3/p+1. The average molecular weight is 508 g/mol. The van der Waals surface area contributed by atoms with E-state index in [9.17, 15) is 15.2 Å². The molecule has 0 aromatic heterocycles. The van der Waals surface area contributed by atoms with Gasteiger partial charge >= 0.3 is 0 Å². The molecular weight excluding hydrogens is 480 g/mol. The smallest absolute Gasteiger partial charge is 0.254 e. The Morgan fingerprint density at radius 3 is 1.85 bits per heavy atom. The summed E-state index contributed by atoms with van der Waals surface area (Å²) in [7, 11) is 0. The third-order valence-electron chi connectivity index (χ3n) is 7.57. The second-order valence-corrected chi connectivity index (χ2v) is 9.93. The maximum absolute atomic E-state index is 13.6. The zero-order chi connectivity index (χ0) is 27.1. The van der Waals surface area contributed by atoms with E-state index < -0.39 is 0 Å². The fourth-order valence-corrected chi connectivity index (χ4v) is 5.96. The summed E-state index contributed by atoms with van der Waals surface area (Å²) in [6.07, 6.45) is 0.764. The SMILES string of the molecule is CC(=O)C(=C1c2ccccc2-c2ccccc21)C(=C(C)O)[N+]1=C(c2ccc(C#N)cc2)c2ccccc2CC1. The van der Waals surface area contributed by atoms with E-state index in [4.69, 9.17) is 0 Å². The maximum Gasteiger partial charge on any atom is 0.254 e. The van der Waals surface area contributed by atoms with E-state index in [1.165, 1.54) is 5.56 Å². The second kappa shape index (κ2) is 9.70. The summed E-state index contributed by atoms with van der Waals surface area (Å²) in [6, 6.07) is 34.2. The molecule has 4 aromatic rings. The molecule has 4 heteroatoms. The summed E-state index contributed by atoms with van der Waals surface area (Å²) in [5, 5.41) is 20.7. The number of Topliss-reactive ketones (excluding diaryl/α,β-unsaturated/α-hetero) is 1. The minimum Gasteiger partial charge on any atom is -0.506 e. The lowest BCUT2D eigenvalue weighted by molar-refractivity contribution is -0.475. The molecule has 0 fully saturated rings. The number of aliphatic hydroxyl groups is 1. The van der Waals surface area contributed by atoms with E-state index in [1.807, 2.05) is 48.5 Å². The van der Waals surface area contributed by atoms with Crippen molar-refractivity contribution in [1.29, 1.82) is 5.26 Å². The first-order chi connectivity index (χ1) is 19.0. The maximum atomic E-state index is 13.6. The fraction of sp³-hybridized carbons (Fsp3) is 0.114. The van der Waals surface area contributed by atoms with E-state index in [-0.39, 0.29) is 11.5 Å². The Labute approximate surface area is 228 Å². The highest BCUT2D eigenvalue weighted by atomic mass is 16.3. The van der Waals surface area contributed by atoms with Crippen molar-refractivity contribution in [3.63, 3.8) is 0 Å². The first-order valence-electron chi connectivity index (χ1n) is 13.1. The monoisotopic (exact) mass is 507 g/mol. The molecule has 1 heterocycles. The van der Waals surface area contributed by atoms with Crippen LogP contribution in [0.15, 0.2) is 114 Å². The molecule has 4 nitrogen and oxygen atoms in total. The lowest BCUT2D eigenvalue weighted by Crippen LogP contribution is -2.33. The lowest BCUT2D eigenvalue weighted by atomic mass is 9.89. The lowest BCUT2D eigenvalue weighted by Gasteiger charge is -2.22. The molecule has 0 radical (unpaired) electrons. The first kappa shape index (κ1) is 24.3. The Kier molecular flexibility index (Phi) is 6.05. The van der Waals surface area contributed by atoms with Crippen LogP contribution in [0.2, 0.25) is 0 Å². The molecule has 0 spiro atoms. The van der Waals surface area contributed by atoms with Crippen LogP contribution in [0.5, 0.6) is 0 Å². The number of hydrogen-bond acceptors (Lipinski definition) is 3. The number of ketones is 1. The molecule has 0 unspecified atom stereocenters. The molecule has 1 aliphatic heterocycles. The van der Waals surface area contributed by atoms with E-state index in [0.29, 0.717) is 23.4 Å². The molecule has 0 amide bonds. The first-order valence-corrected chi connectivity index (χ1v) is 13.1. The number of fused-ring (bicyclic) bond motifs is 4. The summed E-state index contributed by atoms with van der Waals surface area (Å²) < 4.78 is 2.09. The van der Waals surface area contributed by atoms with Crippen LogP contribution < -0.4 is 0 Å². The minimum atomic E-state index is -0.113. The molecule has 39 heavy (non-hydrogen) atoms. The van der Waals surface area contributed by atoms with Crippen LogP contribution in [0.3, 0.4) is 0 Å². The van der Waals surface area contributed by atoms with Gasteiger partial charge < -0.3 is 5.11 Å². The molecule has 0 atom stereocenters. The average Bonchev–Trinajstić information content (AvgIpc) is 3.29. The number of nitrogens with zero attached hydrogens (tertiary/aromatic N) is 2. The molecular formula is C35H27N2O2+. The van der Waals surface area contributed by atoms with Crippen LogP contribution in [-0.4, -0.2) is 27.7 Å². The van der Waals surface area contributed by atoms with E-state index >= 15 is 0 Å². The third-order valence-corrected chi connectivity index (χ3v) is 7.57. The molecule has 0 saturated carbocycles. The zero-order valence-electron chi connectivity index (χ0n) is 21.9. The van der Waals surface area contributed by atoms with Gasteiger partial charge in [0.1, 0.15) is 5.57 Å². The van der Waals surface area contributed by atoms with Crippen molar-refractivity contribution < 1.29 is 14.5 Å². The summed E-state index contributed by atoms with van der Waals surface area (Å²) in [4.78, 5) is 13.6. The van der Waals surface area contributed by atoms with Crippen molar-refractivity contribution >= 4 is 17.1 Å². The number of allylic oxidation sites excluding steroid dienone is 2. The number of carbonyl (C=O) groups is 1. The molecule has 0 saturated heterocycles.